The van der Waals surface area contributed by atoms with E-state index in [2.05, 4.69) is 4.28 Å². The summed E-state index contributed by atoms with van der Waals surface area (Å²) in [6.45, 7) is 0. The van der Waals surface area contributed by atoms with Crippen molar-refractivity contribution in [2.24, 2.45) is 0 Å². The molecule has 8 heavy (non-hydrogen) atoms. The van der Waals surface area contributed by atoms with Crippen LogP contribution in [0.25, 0.3) is 0 Å². The van der Waals surface area contributed by atoms with Gasteiger partial charge in [-0.15, -0.1) is 4.28 Å². The highest BCUT2D eigenvalue weighted by Crippen LogP contribution is 1.69. The van der Waals surface area contributed by atoms with E-state index in [1.165, 1.54) is 5.48 Å². The van der Waals surface area contributed by atoms with E-state index in [1.54, 1.807) is 0 Å². The monoisotopic (exact) mass is 141 g/mol. The molecule has 3 N–H and O–H groups in total. The van der Waals surface area contributed by atoms with E-state index in [9.17, 15) is 9.00 Å². The van der Waals surface area contributed by atoms with E-state index >= 15 is 0 Å². The van der Waals surface area contributed by atoms with E-state index in [1.807, 2.05) is 0 Å². The molecule has 0 aromatic heterocycles. The van der Waals surface area contributed by atoms with Gasteiger partial charge >= 0.3 is 17.5 Å². The zero-order valence-corrected chi connectivity index (χ0v) is 4.34. The molecule has 1 amide bonds. The summed E-state index contributed by atoms with van der Waals surface area (Å²) in [5.74, 6) is 0. The van der Waals surface area contributed by atoms with Crippen molar-refractivity contribution in [3.05, 3.63) is 0 Å². The number of rotatable bonds is 2. The third-order valence-electron chi connectivity index (χ3n) is 0.200. The van der Waals surface area contributed by atoms with Gasteiger partial charge in [-0.05, 0) is 0 Å². The molecule has 0 spiro atoms. The van der Waals surface area contributed by atoms with Crippen LogP contribution < -0.4 is 5.48 Å². The quantitative estimate of drug-likeness (QED) is 0.350. The Kier molecular flexibility index (Phi) is 3.08. The second-order valence-corrected chi connectivity index (χ2v) is 1.31. The Balaban J connectivity index is 3.18. The molecule has 0 bridgehead atoms. The summed E-state index contributed by atoms with van der Waals surface area (Å²) in [6.07, 6.45) is -1.52. The second-order valence-electron chi connectivity index (χ2n) is 0.708. The van der Waals surface area contributed by atoms with Crippen LogP contribution in [0.4, 0.5) is 4.79 Å². The highest BCUT2D eigenvalue weighted by atomic mass is 32.2. The minimum atomic E-state index is -2.58. The van der Waals surface area contributed by atoms with Gasteiger partial charge in [0.2, 0.25) is 0 Å². The molecule has 6 nitrogen and oxygen atoms in total. The van der Waals surface area contributed by atoms with Crippen molar-refractivity contribution in [2.45, 2.75) is 0 Å². The molecule has 7 heteroatoms. The molecule has 1 unspecified atom stereocenters. The fourth-order valence-electron chi connectivity index (χ4n) is 0.0713. The lowest BCUT2D eigenvalue weighted by Gasteiger charge is -1.91. The number of hydroxylamine groups is 1. The summed E-state index contributed by atoms with van der Waals surface area (Å²) in [5, 5.41) is 7.68. The summed E-state index contributed by atoms with van der Waals surface area (Å²) >= 11 is -2.58. The molecule has 0 heterocycles. The van der Waals surface area contributed by atoms with Crippen LogP contribution in [0.5, 0.6) is 0 Å². The molecule has 0 radical (unpaired) electrons. The SMILES string of the molecule is O=C(O)NOS(=O)O. The zero-order valence-electron chi connectivity index (χ0n) is 3.53. The maximum absolute atomic E-state index is 9.47. The number of carbonyl (C=O) groups is 1. The van der Waals surface area contributed by atoms with Gasteiger partial charge in [-0.2, -0.15) is 9.69 Å². The molecular weight excluding hydrogens is 138 g/mol. The second kappa shape index (κ2) is 3.36. The van der Waals surface area contributed by atoms with Gasteiger partial charge in [0.25, 0.3) is 0 Å². The molecule has 0 fully saturated rings. The molecule has 0 aromatic rings. The average Bonchev–Trinajstić information content (AvgIpc) is 1.61. The maximum Gasteiger partial charge on any atom is 0.429 e. The fourth-order valence-corrected chi connectivity index (χ4v) is 0.214. The van der Waals surface area contributed by atoms with Crippen molar-refractivity contribution in [3.63, 3.8) is 0 Å². The summed E-state index contributed by atoms with van der Waals surface area (Å²) < 4.78 is 20.7. The Labute approximate surface area is 46.9 Å². The Bertz CT molecular complexity index is 97.0. The average molecular weight is 141 g/mol. The lowest BCUT2D eigenvalue weighted by atomic mass is 11.3. The van der Waals surface area contributed by atoms with E-state index in [-0.39, 0.29) is 0 Å². The van der Waals surface area contributed by atoms with Gasteiger partial charge in [-0.25, -0.2) is 4.79 Å². The Morgan fingerprint density at radius 1 is 1.75 bits per heavy atom. The van der Waals surface area contributed by atoms with Crippen molar-refractivity contribution in [3.8, 4) is 0 Å². The minimum Gasteiger partial charge on any atom is -0.464 e. The van der Waals surface area contributed by atoms with E-state index in [0.717, 1.165) is 0 Å². The smallest absolute Gasteiger partial charge is 0.429 e. The largest absolute Gasteiger partial charge is 0.464 e. The molecule has 0 aliphatic rings. The van der Waals surface area contributed by atoms with Crippen molar-refractivity contribution < 1.29 is 22.9 Å². The first-order valence-corrected chi connectivity index (χ1v) is 2.43. The number of carboxylic acid groups (broad SMARTS) is 1. The first-order valence-electron chi connectivity index (χ1n) is 1.40. The van der Waals surface area contributed by atoms with E-state index < -0.39 is 17.5 Å². The van der Waals surface area contributed by atoms with Gasteiger partial charge in [-0.3, -0.25) is 4.55 Å². The number of amides is 1. The van der Waals surface area contributed by atoms with Crippen LogP contribution in [0.3, 0.4) is 0 Å². The molecule has 0 aliphatic carbocycles. The normalized spacial score (nSPS) is 12.6. The molecule has 0 saturated carbocycles. The van der Waals surface area contributed by atoms with Crippen LogP contribution >= 0.6 is 0 Å². The van der Waals surface area contributed by atoms with Gasteiger partial charge in [0, 0.05) is 0 Å². The van der Waals surface area contributed by atoms with Gasteiger partial charge in [0.05, 0.1) is 0 Å². The fraction of sp³-hybridized carbons (Fsp3) is 0. The predicted molar refractivity (Wildman–Crippen MR) is 23.0 cm³/mol. The van der Waals surface area contributed by atoms with Crippen LogP contribution in [0, 0.1) is 0 Å². The van der Waals surface area contributed by atoms with Crippen LogP contribution in [0.1, 0.15) is 0 Å². The minimum absolute atomic E-state index is 1.21. The summed E-state index contributed by atoms with van der Waals surface area (Å²) in [7, 11) is 0. The topological polar surface area (TPSA) is 95.9 Å². The van der Waals surface area contributed by atoms with Crippen molar-refractivity contribution in [2.75, 3.05) is 0 Å². The van der Waals surface area contributed by atoms with Crippen molar-refractivity contribution in [1.29, 1.82) is 0 Å². The van der Waals surface area contributed by atoms with Crippen LogP contribution in [-0.4, -0.2) is 20.0 Å². The molecule has 0 aromatic carbocycles. The summed E-state index contributed by atoms with van der Waals surface area (Å²) in [4.78, 5) is 9.42. The summed E-state index contributed by atoms with van der Waals surface area (Å²) in [6, 6.07) is 0. The van der Waals surface area contributed by atoms with E-state index in [4.69, 9.17) is 9.66 Å². The zero-order chi connectivity index (χ0) is 6.57. The number of hydrogen-bond acceptors (Lipinski definition) is 3. The molecule has 0 rings (SSSR count). The third-order valence-corrected chi connectivity index (χ3v) is 0.426. The van der Waals surface area contributed by atoms with Crippen molar-refractivity contribution >= 4 is 17.5 Å². The highest BCUT2D eigenvalue weighted by molar-refractivity contribution is 7.74. The molecule has 48 valence electrons. The molecule has 0 saturated heterocycles. The molecule has 1 atom stereocenters. The van der Waals surface area contributed by atoms with Crippen LogP contribution in [0.15, 0.2) is 0 Å². The number of hydrogen-bond donors (Lipinski definition) is 3. The first-order chi connectivity index (χ1) is 3.63. The maximum atomic E-state index is 9.47. The Hall–Kier alpha value is -0.660. The Morgan fingerprint density at radius 3 is 2.38 bits per heavy atom. The van der Waals surface area contributed by atoms with E-state index in [0.29, 0.717) is 0 Å². The van der Waals surface area contributed by atoms with Crippen LogP contribution in [0.2, 0.25) is 0 Å². The standard InChI is InChI=1S/CH3NO5S/c3-1(4)2-7-8(5)6/h2H,(H,3,4)(H,5,6). The lowest BCUT2D eigenvalue weighted by molar-refractivity contribution is 0.137. The lowest BCUT2D eigenvalue weighted by Crippen LogP contribution is -2.21. The molecular formula is CH3NO5S. The van der Waals surface area contributed by atoms with Crippen LogP contribution in [-0.2, 0) is 15.6 Å². The molecule has 0 aliphatic heterocycles. The van der Waals surface area contributed by atoms with Gasteiger partial charge in [0.15, 0.2) is 0 Å². The van der Waals surface area contributed by atoms with Gasteiger partial charge in [-0.1, -0.05) is 0 Å². The van der Waals surface area contributed by atoms with Gasteiger partial charge in [0.1, 0.15) is 0 Å². The van der Waals surface area contributed by atoms with Crippen molar-refractivity contribution in [1.82, 2.24) is 5.48 Å². The number of nitrogens with one attached hydrogen (secondary N) is 1. The Morgan fingerprint density at radius 2 is 2.25 bits per heavy atom. The highest BCUT2D eigenvalue weighted by Gasteiger charge is 1.95. The first kappa shape index (κ1) is 7.34. The summed E-state index contributed by atoms with van der Waals surface area (Å²) in [5.41, 5.74) is 1.21. The third kappa shape index (κ3) is 5.34. The predicted octanol–water partition coefficient (Wildman–Crippen LogP) is -0.678. The van der Waals surface area contributed by atoms with Gasteiger partial charge < -0.3 is 5.11 Å².